The van der Waals surface area contributed by atoms with Gasteiger partial charge in [-0.2, -0.15) is 0 Å². The van der Waals surface area contributed by atoms with E-state index in [1.165, 1.54) is 16.7 Å². The molecular formula is C19H22P+. The summed E-state index contributed by atoms with van der Waals surface area (Å²) in [4.78, 5) is 0. The molecule has 0 unspecified atom stereocenters. The van der Waals surface area contributed by atoms with Crippen LogP contribution in [0.1, 0.15) is 11.1 Å². The second-order valence-corrected chi connectivity index (χ2v) is 10.3. The van der Waals surface area contributed by atoms with E-state index in [4.69, 9.17) is 0 Å². The Balaban J connectivity index is 2.34. The van der Waals surface area contributed by atoms with Crippen molar-refractivity contribution in [2.45, 2.75) is 0 Å². The summed E-state index contributed by atoms with van der Waals surface area (Å²) in [5.74, 6) is 2.43. The molecule has 0 aliphatic rings. The highest BCUT2D eigenvalue weighted by molar-refractivity contribution is 7.76. The SMILES string of the molecule is C[P+](C)(C)/C=C(/C=C/c1ccccc1)c1ccccc1. The maximum atomic E-state index is 2.43. The van der Waals surface area contributed by atoms with Gasteiger partial charge in [-0.05, 0) is 11.1 Å². The van der Waals surface area contributed by atoms with Gasteiger partial charge in [-0.1, -0.05) is 72.8 Å². The van der Waals surface area contributed by atoms with Gasteiger partial charge in [0.15, 0.2) is 0 Å². The van der Waals surface area contributed by atoms with E-state index in [-0.39, 0.29) is 0 Å². The van der Waals surface area contributed by atoms with E-state index >= 15 is 0 Å². The molecule has 2 aromatic carbocycles. The first kappa shape index (κ1) is 14.8. The molecule has 1 heteroatoms. The standard InChI is InChI=1S/C19H22P/c1-20(2,3)16-19(18-12-8-5-9-13-18)15-14-17-10-6-4-7-11-17/h4-16H,1-3H3/q+1/b15-14+,19-16-. The van der Waals surface area contributed by atoms with E-state index in [2.05, 4.69) is 92.6 Å². The fourth-order valence-corrected chi connectivity index (χ4v) is 3.08. The van der Waals surface area contributed by atoms with Crippen LogP contribution in [0.15, 0.2) is 72.6 Å². The van der Waals surface area contributed by atoms with Crippen molar-refractivity contribution in [3.63, 3.8) is 0 Å². The van der Waals surface area contributed by atoms with Crippen molar-refractivity contribution in [1.29, 1.82) is 0 Å². The zero-order valence-electron chi connectivity index (χ0n) is 12.5. The average molecular weight is 281 g/mol. The molecule has 0 amide bonds. The van der Waals surface area contributed by atoms with Crippen LogP contribution in [-0.2, 0) is 0 Å². The fraction of sp³-hybridized carbons (Fsp3) is 0.158. The van der Waals surface area contributed by atoms with Crippen LogP contribution in [0.3, 0.4) is 0 Å². The Labute approximate surface area is 123 Å². The molecular weight excluding hydrogens is 259 g/mol. The lowest BCUT2D eigenvalue weighted by Gasteiger charge is -2.09. The van der Waals surface area contributed by atoms with Crippen LogP contribution < -0.4 is 0 Å². The Bertz CT molecular complexity index is 587. The second-order valence-electron chi connectivity index (χ2n) is 5.81. The Morgan fingerprint density at radius 3 is 1.90 bits per heavy atom. The average Bonchev–Trinajstić information content (AvgIpc) is 2.44. The van der Waals surface area contributed by atoms with Crippen LogP contribution in [0, 0.1) is 0 Å². The van der Waals surface area contributed by atoms with E-state index in [0.717, 1.165) is 0 Å². The maximum Gasteiger partial charge on any atom is 0.0657 e. The molecule has 0 saturated carbocycles. The third-order valence-electron chi connectivity index (χ3n) is 2.89. The number of hydrogen-bond acceptors (Lipinski definition) is 0. The zero-order chi connectivity index (χ0) is 14.4. The first-order chi connectivity index (χ1) is 9.54. The number of allylic oxidation sites excluding steroid dienone is 2. The van der Waals surface area contributed by atoms with Crippen molar-refractivity contribution in [2.24, 2.45) is 0 Å². The summed E-state index contributed by atoms with van der Waals surface area (Å²) in [6.07, 6.45) is 4.42. The number of rotatable bonds is 4. The van der Waals surface area contributed by atoms with Crippen LogP contribution in [0.2, 0.25) is 0 Å². The van der Waals surface area contributed by atoms with Crippen molar-refractivity contribution >= 4 is 18.9 Å². The lowest BCUT2D eigenvalue weighted by molar-refractivity contribution is 1.62. The predicted octanol–water partition coefficient (Wildman–Crippen LogP) is 5.65. The molecule has 0 aromatic heterocycles. The topological polar surface area (TPSA) is 0 Å². The molecule has 0 aliphatic carbocycles. The lowest BCUT2D eigenvalue weighted by atomic mass is 10.1. The van der Waals surface area contributed by atoms with Crippen LogP contribution in [-0.4, -0.2) is 20.0 Å². The van der Waals surface area contributed by atoms with Gasteiger partial charge in [-0.25, -0.2) is 0 Å². The van der Waals surface area contributed by atoms with Gasteiger partial charge < -0.3 is 0 Å². The van der Waals surface area contributed by atoms with Crippen molar-refractivity contribution in [2.75, 3.05) is 20.0 Å². The van der Waals surface area contributed by atoms with Crippen molar-refractivity contribution in [3.8, 4) is 0 Å². The summed E-state index contributed by atoms with van der Waals surface area (Å²) in [7, 11) is -0.972. The highest BCUT2D eigenvalue weighted by Crippen LogP contribution is 2.50. The van der Waals surface area contributed by atoms with Gasteiger partial charge in [0.05, 0.1) is 25.8 Å². The van der Waals surface area contributed by atoms with Crippen molar-refractivity contribution in [3.05, 3.63) is 83.7 Å². The lowest BCUT2D eigenvalue weighted by Crippen LogP contribution is -1.85. The molecule has 2 aromatic rings. The molecule has 0 N–H and O–H groups in total. The minimum absolute atomic E-state index is 0.972. The summed E-state index contributed by atoms with van der Waals surface area (Å²) in [5, 5.41) is 0. The molecule has 0 fully saturated rings. The summed E-state index contributed by atoms with van der Waals surface area (Å²) >= 11 is 0. The summed E-state index contributed by atoms with van der Waals surface area (Å²) < 4.78 is 0. The third-order valence-corrected chi connectivity index (χ3v) is 3.94. The molecule has 0 saturated heterocycles. The van der Waals surface area contributed by atoms with E-state index in [1.807, 2.05) is 6.07 Å². The Morgan fingerprint density at radius 1 is 0.800 bits per heavy atom. The Morgan fingerprint density at radius 2 is 1.35 bits per heavy atom. The minimum atomic E-state index is -0.972. The molecule has 2 rings (SSSR count). The molecule has 0 radical (unpaired) electrons. The highest BCUT2D eigenvalue weighted by Gasteiger charge is 2.15. The third kappa shape index (κ3) is 4.79. The molecule has 0 nitrogen and oxygen atoms in total. The largest absolute Gasteiger partial charge is 0.0657 e. The molecule has 0 aliphatic heterocycles. The number of hydrogen-bond donors (Lipinski definition) is 0. The van der Waals surface area contributed by atoms with E-state index in [9.17, 15) is 0 Å². The molecule has 0 heterocycles. The smallest absolute Gasteiger partial charge is 0.0622 e. The summed E-state index contributed by atoms with van der Waals surface area (Å²) in [6, 6.07) is 21.1. The van der Waals surface area contributed by atoms with Gasteiger partial charge in [-0.15, -0.1) is 0 Å². The minimum Gasteiger partial charge on any atom is -0.0622 e. The molecule has 0 atom stereocenters. The van der Waals surface area contributed by atoms with E-state index in [0.29, 0.717) is 0 Å². The predicted molar refractivity (Wildman–Crippen MR) is 94.6 cm³/mol. The highest BCUT2D eigenvalue weighted by atomic mass is 31.2. The quantitative estimate of drug-likeness (QED) is 0.502. The van der Waals surface area contributed by atoms with Crippen LogP contribution >= 0.6 is 7.26 Å². The zero-order valence-corrected chi connectivity index (χ0v) is 13.3. The first-order valence-electron chi connectivity index (χ1n) is 6.87. The Hall–Kier alpha value is -1.65. The normalized spacial score (nSPS) is 12.8. The Kier molecular flexibility index (Phi) is 4.93. The fourth-order valence-electron chi connectivity index (χ4n) is 2.01. The molecule has 0 bridgehead atoms. The summed E-state index contributed by atoms with van der Waals surface area (Å²) in [5.41, 5.74) is 3.84. The van der Waals surface area contributed by atoms with Crippen molar-refractivity contribution < 1.29 is 0 Å². The monoisotopic (exact) mass is 281 g/mol. The molecule has 0 spiro atoms. The van der Waals surface area contributed by atoms with Gasteiger partial charge in [0.25, 0.3) is 0 Å². The second kappa shape index (κ2) is 6.68. The van der Waals surface area contributed by atoms with Crippen LogP contribution in [0.25, 0.3) is 11.6 Å². The van der Waals surface area contributed by atoms with Gasteiger partial charge in [0.2, 0.25) is 0 Å². The van der Waals surface area contributed by atoms with Crippen LogP contribution in [0.4, 0.5) is 0 Å². The maximum absolute atomic E-state index is 2.43. The number of benzene rings is 2. The van der Waals surface area contributed by atoms with Gasteiger partial charge in [0.1, 0.15) is 0 Å². The molecule has 102 valence electrons. The van der Waals surface area contributed by atoms with Crippen molar-refractivity contribution in [1.82, 2.24) is 0 Å². The van der Waals surface area contributed by atoms with E-state index in [1.54, 1.807) is 0 Å². The summed E-state index contributed by atoms with van der Waals surface area (Å²) in [6.45, 7) is 7.02. The first-order valence-corrected chi connectivity index (χ1v) is 10.1. The van der Waals surface area contributed by atoms with E-state index < -0.39 is 7.26 Å². The van der Waals surface area contributed by atoms with Gasteiger partial charge in [0, 0.05) is 12.8 Å². The van der Waals surface area contributed by atoms with Crippen LogP contribution in [0.5, 0.6) is 0 Å². The van der Waals surface area contributed by atoms with Gasteiger partial charge in [-0.3, -0.25) is 0 Å². The van der Waals surface area contributed by atoms with Gasteiger partial charge >= 0.3 is 0 Å². The molecule has 20 heavy (non-hydrogen) atoms.